The van der Waals surface area contributed by atoms with Crippen LogP contribution >= 0.6 is 0 Å². The van der Waals surface area contributed by atoms with Crippen molar-refractivity contribution < 1.29 is 4.79 Å². The van der Waals surface area contributed by atoms with Crippen molar-refractivity contribution in [1.82, 2.24) is 10.2 Å². The Labute approximate surface area is 92.2 Å². The highest BCUT2D eigenvalue weighted by Crippen LogP contribution is 2.30. The summed E-state index contributed by atoms with van der Waals surface area (Å²) in [7, 11) is 1.96. The minimum atomic E-state index is 0.378. The van der Waals surface area contributed by atoms with Gasteiger partial charge in [-0.3, -0.25) is 4.79 Å². The molecule has 0 bridgehead atoms. The van der Waals surface area contributed by atoms with E-state index in [1.807, 2.05) is 11.9 Å². The quantitative estimate of drug-likeness (QED) is 0.757. The molecular weight excluding hydrogens is 188 g/mol. The fourth-order valence-electron chi connectivity index (χ4n) is 2.30. The van der Waals surface area contributed by atoms with Gasteiger partial charge in [0.15, 0.2) is 0 Å². The van der Waals surface area contributed by atoms with Gasteiger partial charge in [0.1, 0.15) is 0 Å². The molecule has 0 spiro atoms. The summed E-state index contributed by atoms with van der Waals surface area (Å²) in [6.45, 7) is 3.27. The van der Waals surface area contributed by atoms with E-state index >= 15 is 0 Å². The normalized spacial score (nSPS) is 22.7. The van der Waals surface area contributed by atoms with Crippen molar-refractivity contribution in [2.45, 2.75) is 32.1 Å². The Bertz CT molecular complexity index is 220. The van der Waals surface area contributed by atoms with E-state index in [-0.39, 0.29) is 0 Å². The lowest BCUT2D eigenvalue weighted by Gasteiger charge is -2.25. The summed E-state index contributed by atoms with van der Waals surface area (Å²) >= 11 is 0. The zero-order valence-corrected chi connectivity index (χ0v) is 9.67. The van der Waals surface area contributed by atoms with Gasteiger partial charge in [0.25, 0.3) is 0 Å². The highest BCUT2D eigenvalue weighted by molar-refractivity contribution is 5.80. The Morgan fingerprint density at radius 3 is 2.53 bits per heavy atom. The first-order chi connectivity index (χ1) is 7.27. The molecule has 1 amide bonds. The molecule has 2 rings (SSSR count). The van der Waals surface area contributed by atoms with Gasteiger partial charge in [0.05, 0.1) is 0 Å². The second-order valence-corrected chi connectivity index (χ2v) is 5.02. The van der Waals surface area contributed by atoms with Gasteiger partial charge in [-0.25, -0.2) is 0 Å². The van der Waals surface area contributed by atoms with Crippen LogP contribution in [0, 0.1) is 11.8 Å². The molecule has 1 heterocycles. The molecule has 15 heavy (non-hydrogen) atoms. The molecule has 1 aliphatic carbocycles. The van der Waals surface area contributed by atoms with Gasteiger partial charge in [-0.1, -0.05) is 0 Å². The summed E-state index contributed by atoms with van der Waals surface area (Å²) in [6.07, 6.45) is 6.00. The highest BCUT2D eigenvalue weighted by atomic mass is 16.2. The lowest BCUT2D eigenvalue weighted by molar-refractivity contribution is -0.131. The SMILES string of the molecule is CN(CCC1CCNCC1)C(=O)C1CC1. The standard InChI is InChI=1S/C12H22N2O/c1-14(12(15)11-2-3-11)9-6-10-4-7-13-8-5-10/h10-11,13H,2-9H2,1H3. The molecule has 0 aromatic heterocycles. The number of piperidine rings is 1. The zero-order chi connectivity index (χ0) is 10.7. The predicted molar refractivity (Wildman–Crippen MR) is 60.6 cm³/mol. The zero-order valence-electron chi connectivity index (χ0n) is 9.67. The lowest BCUT2D eigenvalue weighted by atomic mass is 9.94. The number of amides is 1. The third-order valence-corrected chi connectivity index (χ3v) is 3.63. The highest BCUT2D eigenvalue weighted by Gasteiger charge is 2.31. The second kappa shape index (κ2) is 4.97. The summed E-state index contributed by atoms with van der Waals surface area (Å²) in [5.74, 6) is 1.59. The molecule has 0 aromatic carbocycles. The van der Waals surface area contributed by atoms with Crippen molar-refractivity contribution in [3.8, 4) is 0 Å². The molecule has 86 valence electrons. The van der Waals surface area contributed by atoms with Gasteiger partial charge >= 0.3 is 0 Å². The molecule has 2 fully saturated rings. The average Bonchev–Trinajstić information content (AvgIpc) is 3.10. The van der Waals surface area contributed by atoms with Crippen molar-refractivity contribution in [2.24, 2.45) is 11.8 Å². The molecule has 0 atom stereocenters. The number of rotatable bonds is 4. The summed E-state index contributed by atoms with van der Waals surface area (Å²) in [5, 5.41) is 3.37. The van der Waals surface area contributed by atoms with Crippen LogP contribution in [0.25, 0.3) is 0 Å². The Hall–Kier alpha value is -0.570. The van der Waals surface area contributed by atoms with Crippen LogP contribution in [0.5, 0.6) is 0 Å². The second-order valence-electron chi connectivity index (χ2n) is 5.02. The van der Waals surface area contributed by atoms with Crippen LogP contribution in [0.1, 0.15) is 32.1 Å². The van der Waals surface area contributed by atoms with Crippen molar-refractivity contribution in [2.75, 3.05) is 26.7 Å². The van der Waals surface area contributed by atoms with Crippen molar-refractivity contribution in [1.29, 1.82) is 0 Å². The summed E-state index contributed by atoms with van der Waals surface area (Å²) in [4.78, 5) is 13.6. The number of nitrogens with zero attached hydrogens (tertiary/aromatic N) is 1. The minimum absolute atomic E-state index is 0.378. The molecular formula is C12H22N2O. The smallest absolute Gasteiger partial charge is 0.225 e. The molecule has 3 heteroatoms. The summed E-state index contributed by atoms with van der Waals surface area (Å²) < 4.78 is 0. The third-order valence-electron chi connectivity index (χ3n) is 3.63. The maximum Gasteiger partial charge on any atom is 0.225 e. The van der Waals surface area contributed by atoms with Gasteiger partial charge in [-0.05, 0) is 51.1 Å². The molecule has 2 aliphatic rings. The molecule has 1 saturated carbocycles. The van der Waals surface area contributed by atoms with E-state index in [9.17, 15) is 4.79 Å². The van der Waals surface area contributed by atoms with Gasteiger partial charge < -0.3 is 10.2 Å². The van der Waals surface area contributed by atoms with Crippen molar-refractivity contribution >= 4 is 5.91 Å². The van der Waals surface area contributed by atoms with Gasteiger partial charge in [-0.15, -0.1) is 0 Å². The van der Waals surface area contributed by atoms with E-state index in [2.05, 4.69) is 5.32 Å². The fraction of sp³-hybridized carbons (Fsp3) is 0.917. The topological polar surface area (TPSA) is 32.3 Å². The Morgan fingerprint density at radius 2 is 1.93 bits per heavy atom. The van der Waals surface area contributed by atoms with Crippen molar-refractivity contribution in [3.05, 3.63) is 0 Å². The van der Waals surface area contributed by atoms with E-state index in [0.29, 0.717) is 11.8 Å². The average molecular weight is 210 g/mol. The van der Waals surface area contributed by atoms with Gasteiger partial charge in [-0.2, -0.15) is 0 Å². The third kappa shape index (κ3) is 3.20. The van der Waals surface area contributed by atoms with Crippen LogP contribution in [-0.2, 0) is 4.79 Å². The Kier molecular flexibility index (Phi) is 3.62. The van der Waals surface area contributed by atoms with Gasteiger partial charge in [0, 0.05) is 19.5 Å². The van der Waals surface area contributed by atoms with E-state index < -0.39 is 0 Å². The van der Waals surface area contributed by atoms with E-state index in [0.717, 1.165) is 38.4 Å². The predicted octanol–water partition coefficient (Wildman–Crippen LogP) is 1.24. The molecule has 3 nitrogen and oxygen atoms in total. The molecule has 0 unspecified atom stereocenters. The monoisotopic (exact) mass is 210 g/mol. The van der Waals surface area contributed by atoms with Crippen LogP contribution < -0.4 is 5.32 Å². The first-order valence-electron chi connectivity index (χ1n) is 6.23. The van der Waals surface area contributed by atoms with E-state index in [1.54, 1.807) is 0 Å². The summed E-state index contributed by atoms with van der Waals surface area (Å²) in [5.41, 5.74) is 0. The number of hydrogen-bond donors (Lipinski definition) is 1. The number of carbonyl (C=O) groups excluding carboxylic acids is 1. The van der Waals surface area contributed by atoms with Crippen LogP contribution in [0.3, 0.4) is 0 Å². The van der Waals surface area contributed by atoms with E-state index in [4.69, 9.17) is 0 Å². The number of carbonyl (C=O) groups is 1. The Morgan fingerprint density at radius 1 is 1.27 bits per heavy atom. The Balaban J connectivity index is 1.65. The first-order valence-corrected chi connectivity index (χ1v) is 6.23. The van der Waals surface area contributed by atoms with E-state index in [1.165, 1.54) is 19.3 Å². The van der Waals surface area contributed by atoms with Crippen LogP contribution in [0.15, 0.2) is 0 Å². The molecule has 0 radical (unpaired) electrons. The lowest BCUT2D eigenvalue weighted by Crippen LogP contribution is -2.33. The number of hydrogen-bond acceptors (Lipinski definition) is 2. The first kappa shape index (κ1) is 10.9. The maximum absolute atomic E-state index is 11.7. The summed E-state index contributed by atoms with van der Waals surface area (Å²) in [6, 6.07) is 0. The molecule has 1 aliphatic heterocycles. The minimum Gasteiger partial charge on any atom is -0.346 e. The van der Waals surface area contributed by atoms with Crippen LogP contribution in [0.2, 0.25) is 0 Å². The molecule has 1 saturated heterocycles. The molecule has 0 aromatic rings. The fourth-order valence-corrected chi connectivity index (χ4v) is 2.30. The van der Waals surface area contributed by atoms with Crippen molar-refractivity contribution in [3.63, 3.8) is 0 Å². The maximum atomic E-state index is 11.7. The van der Waals surface area contributed by atoms with Gasteiger partial charge in [0.2, 0.25) is 5.91 Å². The molecule has 1 N–H and O–H groups in total. The largest absolute Gasteiger partial charge is 0.346 e. The number of nitrogens with one attached hydrogen (secondary N) is 1. The van der Waals surface area contributed by atoms with Crippen LogP contribution in [-0.4, -0.2) is 37.5 Å². The van der Waals surface area contributed by atoms with Crippen LogP contribution in [0.4, 0.5) is 0 Å².